The van der Waals surface area contributed by atoms with Crippen molar-refractivity contribution in [2.45, 2.75) is 116 Å². The lowest BCUT2D eigenvalue weighted by molar-refractivity contribution is -0.0385. The molecule has 1 saturated carbocycles. The number of nitrogens with two attached hydrogens (primary N) is 2. The molecule has 1 aliphatic carbocycles. The van der Waals surface area contributed by atoms with Gasteiger partial charge in [-0.15, -0.1) is 0 Å². The van der Waals surface area contributed by atoms with Gasteiger partial charge >= 0.3 is 5.97 Å². The number of benzene rings is 2. The maximum absolute atomic E-state index is 12.7. The predicted octanol–water partition coefficient (Wildman–Crippen LogP) is 7.66. The van der Waals surface area contributed by atoms with Crippen LogP contribution in [0, 0.1) is 0 Å². The summed E-state index contributed by atoms with van der Waals surface area (Å²) in [7, 11) is 0. The average Bonchev–Trinajstić information content (AvgIpc) is 2.83. The number of rotatable bonds is 13. The highest BCUT2D eigenvalue weighted by atomic mass is 16.6. The Kier molecular flexibility index (Phi) is 10.5. The number of hydrogen-bond donors (Lipinski definition) is 2. The molecule has 0 saturated heterocycles. The number of carbonyl (C=O) groups is 1. The lowest BCUT2D eigenvalue weighted by Crippen LogP contribution is -2.40. The van der Waals surface area contributed by atoms with Crippen LogP contribution in [0.15, 0.2) is 42.5 Å². The van der Waals surface area contributed by atoms with Crippen LogP contribution < -0.4 is 16.2 Å². The number of anilines is 2. The molecule has 0 bridgehead atoms. The molecule has 210 valence electrons. The van der Waals surface area contributed by atoms with Crippen molar-refractivity contribution in [2.24, 2.45) is 0 Å². The molecule has 38 heavy (non-hydrogen) atoms. The third-order valence-corrected chi connectivity index (χ3v) is 7.21. The summed E-state index contributed by atoms with van der Waals surface area (Å²) < 4.78 is 18.3. The summed E-state index contributed by atoms with van der Waals surface area (Å²) in [6.45, 7) is 10.9. The van der Waals surface area contributed by atoms with Gasteiger partial charge in [0.05, 0.1) is 11.7 Å². The maximum Gasteiger partial charge on any atom is 0.338 e. The number of hydrogen-bond acceptors (Lipinski definition) is 6. The maximum atomic E-state index is 12.7. The molecule has 0 aromatic heterocycles. The third-order valence-electron chi connectivity index (χ3n) is 7.21. The van der Waals surface area contributed by atoms with Crippen LogP contribution in [0.2, 0.25) is 0 Å². The lowest BCUT2D eigenvalue weighted by atomic mass is 9.82. The molecule has 4 N–H and O–H groups in total. The van der Waals surface area contributed by atoms with Crippen molar-refractivity contribution >= 4 is 17.3 Å². The molecule has 6 heteroatoms. The summed E-state index contributed by atoms with van der Waals surface area (Å²) in [6.07, 6.45) is 10.6. The van der Waals surface area contributed by atoms with Crippen LogP contribution in [0.3, 0.4) is 0 Å². The van der Waals surface area contributed by atoms with Crippen molar-refractivity contribution in [3.63, 3.8) is 0 Å². The highest BCUT2D eigenvalue weighted by molar-refractivity contribution is 5.92. The van der Waals surface area contributed by atoms with Crippen LogP contribution >= 0.6 is 0 Å². The SMILES string of the molecule is CCCCCCOC1CCC(c2ccc(OC(C)(C)CC(C)(C)OC(=O)c3cc(N)cc(N)c3)cc2)CC1. The first-order valence-electron chi connectivity index (χ1n) is 14.3. The van der Waals surface area contributed by atoms with Crippen LogP contribution in [0.25, 0.3) is 0 Å². The van der Waals surface area contributed by atoms with E-state index in [0.717, 1.165) is 25.2 Å². The van der Waals surface area contributed by atoms with Gasteiger partial charge < -0.3 is 25.7 Å². The molecule has 2 aromatic rings. The van der Waals surface area contributed by atoms with Crippen LogP contribution in [0.1, 0.15) is 114 Å². The zero-order chi connectivity index (χ0) is 27.8. The summed E-state index contributed by atoms with van der Waals surface area (Å²) in [4.78, 5) is 12.7. The smallest absolute Gasteiger partial charge is 0.338 e. The van der Waals surface area contributed by atoms with Crippen molar-refractivity contribution in [2.75, 3.05) is 18.1 Å². The Balaban J connectivity index is 1.48. The van der Waals surface area contributed by atoms with E-state index in [0.29, 0.717) is 35.4 Å². The first-order valence-corrected chi connectivity index (χ1v) is 14.3. The number of unbranched alkanes of at least 4 members (excludes halogenated alkanes) is 3. The highest BCUT2D eigenvalue weighted by Gasteiger charge is 2.34. The van der Waals surface area contributed by atoms with Gasteiger partial charge in [0.15, 0.2) is 0 Å². The molecule has 0 spiro atoms. The third kappa shape index (κ3) is 9.54. The fraction of sp³-hybridized carbons (Fsp3) is 0.594. The number of ether oxygens (including phenoxy) is 3. The number of carbonyl (C=O) groups excluding carboxylic acids is 1. The minimum atomic E-state index is -0.753. The zero-order valence-electron chi connectivity index (χ0n) is 24.1. The molecular weight excluding hydrogens is 476 g/mol. The molecular formula is C32H48N2O4. The Labute approximate surface area is 229 Å². The van der Waals surface area contributed by atoms with Gasteiger partial charge in [0.1, 0.15) is 17.0 Å². The Morgan fingerprint density at radius 3 is 2.11 bits per heavy atom. The fourth-order valence-corrected chi connectivity index (χ4v) is 5.67. The molecule has 2 aromatic carbocycles. The van der Waals surface area contributed by atoms with Gasteiger partial charge in [0.25, 0.3) is 0 Å². The van der Waals surface area contributed by atoms with E-state index in [2.05, 4.69) is 31.2 Å². The van der Waals surface area contributed by atoms with E-state index in [1.54, 1.807) is 18.2 Å². The topological polar surface area (TPSA) is 96.8 Å². The van der Waals surface area contributed by atoms with Gasteiger partial charge in [-0.25, -0.2) is 4.79 Å². The summed E-state index contributed by atoms with van der Waals surface area (Å²) in [6, 6.07) is 13.3. The molecule has 0 aliphatic heterocycles. The Bertz CT molecular complexity index is 1000. The van der Waals surface area contributed by atoms with E-state index in [1.165, 1.54) is 44.1 Å². The summed E-state index contributed by atoms with van der Waals surface area (Å²) in [5.41, 5.74) is 12.9. The van der Waals surface area contributed by atoms with E-state index in [1.807, 2.05) is 27.7 Å². The largest absolute Gasteiger partial charge is 0.488 e. The summed E-state index contributed by atoms with van der Waals surface area (Å²) >= 11 is 0. The Morgan fingerprint density at radius 1 is 0.868 bits per heavy atom. The zero-order valence-corrected chi connectivity index (χ0v) is 24.1. The first-order chi connectivity index (χ1) is 18.0. The van der Waals surface area contributed by atoms with Crippen molar-refractivity contribution in [3.8, 4) is 5.75 Å². The molecule has 0 radical (unpaired) electrons. The van der Waals surface area contributed by atoms with Crippen molar-refractivity contribution in [1.29, 1.82) is 0 Å². The number of nitrogen functional groups attached to an aromatic ring is 2. The van der Waals surface area contributed by atoms with E-state index in [9.17, 15) is 4.79 Å². The van der Waals surface area contributed by atoms with E-state index >= 15 is 0 Å². The van der Waals surface area contributed by atoms with Gasteiger partial charge in [-0.3, -0.25) is 0 Å². The fourth-order valence-electron chi connectivity index (χ4n) is 5.67. The van der Waals surface area contributed by atoms with Gasteiger partial charge in [-0.2, -0.15) is 0 Å². The van der Waals surface area contributed by atoms with Crippen molar-refractivity contribution in [1.82, 2.24) is 0 Å². The van der Waals surface area contributed by atoms with Crippen LogP contribution in [-0.4, -0.2) is 29.9 Å². The quantitative estimate of drug-likeness (QED) is 0.159. The summed E-state index contributed by atoms with van der Waals surface area (Å²) in [5.74, 6) is 0.941. The average molecular weight is 525 g/mol. The number of esters is 1. The second kappa shape index (κ2) is 13.4. The molecule has 0 heterocycles. The molecule has 6 nitrogen and oxygen atoms in total. The van der Waals surface area contributed by atoms with E-state index in [-0.39, 0.29) is 0 Å². The molecule has 1 aliphatic rings. The van der Waals surface area contributed by atoms with Gasteiger partial charge in [-0.1, -0.05) is 38.3 Å². The predicted molar refractivity (Wildman–Crippen MR) is 156 cm³/mol. The highest BCUT2D eigenvalue weighted by Crippen LogP contribution is 2.36. The molecule has 0 unspecified atom stereocenters. The van der Waals surface area contributed by atoms with Crippen molar-refractivity contribution in [3.05, 3.63) is 53.6 Å². The monoisotopic (exact) mass is 524 g/mol. The summed E-state index contributed by atoms with van der Waals surface area (Å²) in [5, 5.41) is 0. The molecule has 3 rings (SSSR count). The minimum absolute atomic E-state index is 0.345. The standard InChI is InChI=1S/C32H48N2O4/c1-6-7-8-9-18-36-28-14-10-23(11-15-28)24-12-16-29(17-13-24)37-31(2,3)22-32(4,5)38-30(35)25-19-26(33)21-27(34)20-25/h12-13,16-17,19-21,23,28H,6-11,14-15,18,22,33-34H2,1-5H3. The molecule has 0 amide bonds. The molecule has 1 fully saturated rings. The van der Waals surface area contributed by atoms with Crippen molar-refractivity contribution < 1.29 is 19.0 Å². The van der Waals surface area contributed by atoms with Crippen LogP contribution in [0.5, 0.6) is 5.75 Å². The van der Waals surface area contributed by atoms with Gasteiger partial charge in [-0.05, 0) is 102 Å². The second-order valence-corrected chi connectivity index (χ2v) is 12.1. The molecule has 0 atom stereocenters. The normalized spacial score (nSPS) is 18.2. The van der Waals surface area contributed by atoms with Crippen LogP contribution in [-0.2, 0) is 9.47 Å². The van der Waals surface area contributed by atoms with E-state index in [4.69, 9.17) is 25.7 Å². The lowest BCUT2D eigenvalue weighted by Gasteiger charge is -2.35. The first kappa shape index (κ1) is 29.8. The van der Waals surface area contributed by atoms with Gasteiger partial charge in [0, 0.05) is 24.4 Å². The van der Waals surface area contributed by atoms with Gasteiger partial charge in [0.2, 0.25) is 0 Å². The van der Waals surface area contributed by atoms with Crippen LogP contribution in [0.4, 0.5) is 11.4 Å². The van der Waals surface area contributed by atoms with E-state index < -0.39 is 17.2 Å². The Morgan fingerprint density at radius 2 is 1.50 bits per heavy atom. The Hall–Kier alpha value is -2.73. The minimum Gasteiger partial charge on any atom is -0.488 e. The second-order valence-electron chi connectivity index (χ2n) is 12.1.